The summed E-state index contributed by atoms with van der Waals surface area (Å²) in [5, 5.41) is 15.2. The third-order valence-electron chi connectivity index (χ3n) is 4.03. The monoisotopic (exact) mass is 371 g/mol. The first-order chi connectivity index (χ1) is 12.6. The van der Waals surface area contributed by atoms with E-state index in [1.165, 1.54) is 11.8 Å². The summed E-state index contributed by atoms with van der Waals surface area (Å²) in [4.78, 5) is 12.6. The predicted octanol–water partition coefficient (Wildman–Crippen LogP) is 3.69. The molecule has 1 aromatic carbocycles. The summed E-state index contributed by atoms with van der Waals surface area (Å²) in [6.45, 7) is 5.83. The molecule has 0 radical (unpaired) electrons. The van der Waals surface area contributed by atoms with Gasteiger partial charge in [0.25, 0.3) is 0 Å². The second-order valence-electron chi connectivity index (χ2n) is 5.93. The molecule has 0 aliphatic carbocycles. The molecule has 7 nitrogen and oxygen atoms in total. The number of aromatic nitrogens is 4. The number of anilines is 1. The summed E-state index contributed by atoms with van der Waals surface area (Å²) < 4.78 is 6.97. The van der Waals surface area contributed by atoms with Crippen LogP contribution >= 0.6 is 11.8 Å². The minimum atomic E-state index is -0.307. The predicted molar refractivity (Wildman–Crippen MR) is 100 cm³/mol. The standard InChI is InChI=1S/C18H21N5O2S/c1-4-15(17(24)20-16-10-12(2)25-22-16)26-18-21-19-11-23(18)13(3)14-8-6-5-7-9-14/h5-11,13,15H,4H2,1-3H3,(H,20,22,24)/t13-,15+/m1/s1. The number of thioether (sulfide) groups is 1. The lowest BCUT2D eigenvalue weighted by Crippen LogP contribution is -2.25. The fraction of sp³-hybridized carbons (Fsp3) is 0.333. The van der Waals surface area contributed by atoms with Crippen molar-refractivity contribution in [2.75, 3.05) is 5.32 Å². The molecule has 1 amide bonds. The van der Waals surface area contributed by atoms with Gasteiger partial charge in [-0.05, 0) is 25.8 Å². The van der Waals surface area contributed by atoms with E-state index in [1.54, 1.807) is 19.3 Å². The van der Waals surface area contributed by atoms with Gasteiger partial charge in [-0.15, -0.1) is 10.2 Å². The average molecular weight is 371 g/mol. The Kier molecular flexibility index (Phi) is 5.72. The van der Waals surface area contributed by atoms with Crippen LogP contribution in [0.3, 0.4) is 0 Å². The fourth-order valence-electron chi connectivity index (χ4n) is 2.56. The minimum absolute atomic E-state index is 0.0763. The highest BCUT2D eigenvalue weighted by Gasteiger charge is 2.23. The minimum Gasteiger partial charge on any atom is -0.360 e. The Morgan fingerprint density at radius 3 is 2.77 bits per heavy atom. The molecule has 0 unspecified atom stereocenters. The van der Waals surface area contributed by atoms with Crippen LogP contribution < -0.4 is 5.32 Å². The third-order valence-corrected chi connectivity index (χ3v) is 5.36. The van der Waals surface area contributed by atoms with Crippen LogP contribution in [0.5, 0.6) is 0 Å². The molecular formula is C18H21N5O2S. The van der Waals surface area contributed by atoms with E-state index >= 15 is 0 Å². The van der Waals surface area contributed by atoms with E-state index in [2.05, 4.69) is 39.7 Å². The summed E-state index contributed by atoms with van der Waals surface area (Å²) in [6.07, 6.45) is 2.35. The van der Waals surface area contributed by atoms with Gasteiger partial charge >= 0.3 is 0 Å². The van der Waals surface area contributed by atoms with Crippen molar-refractivity contribution >= 4 is 23.5 Å². The topological polar surface area (TPSA) is 85.8 Å². The maximum atomic E-state index is 12.6. The maximum absolute atomic E-state index is 12.6. The second kappa shape index (κ2) is 8.18. The third kappa shape index (κ3) is 4.13. The Morgan fingerprint density at radius 1 is 1.35 bits per heavy atom. The van der Waals surface area contributed by atoms with Crippen LogP contribution in [0.1, 0.15) is 37.6 Å². The Bertz CT molecular complexity index is 861. The average Bonchev–Trinajstić information content (AvgIpc) is 3.28. The van der Waals surface area contributed by atoms with E-state index < -0.39 is 0 Å². The zero-order valence-corrected chi connectivity index (χ0v) is 15.7. The summed E-state index contributed by atoms with van der Waals surface area (Å²) in [5.74, 6) is 0.941. The quantitative estimate of drug-likeness (QED) is 0.638. The number of carbonyl (C=O) groups excluding carboxylic acids is 1. The van der Waals surface area contributed by atoms with Gasteiger partial charge in [-0.3, -0.25) is 4.79 Å². The SMILES string of the molecule is CC[C@H](Sc1nncn1[C@H](C)c1ccccc1)C(=O)Nc1cc(C)on1. The van der Waals surface area contributed by atoms with Gasteiger partial charge in [-0.1, -0.05) is 54.2 Å². The van der Waals surface area contributed by atoms with Gasteiger partial charge in [0.05, 0.1) is 11.3 Å². The van der Waals surface area contributed by atoms with Gasteiger partial charge in [-0.2, -0.15) is 0 Å². The van der Waals surface area contributed by atoms with E-state index in [0.29, 0.717) is 23.2 Å². The molecule has 26 heavy (non-hydrogen) atoms. The number of nitrogens with one attached hydrogen (secondary N) is 1. The van der Waals surface area contributed by atoms with Gasteiger partial charge in [-0.25, -0.2) is 0 Å². The van der Waals surface area contributed by atoms with Crippen LogP contribution in [-0.2, 0) is 4.79 Å². The number of benzene rings is 1. The molecule has 1 N–H and O–H groups in total. The van der Waals surface area contributed by atoms with Crippen LogP contribution in [0.15, 0.2) is 52.4 Å². The first-order valence-electron chi connectivity index (χ1n) is 8.43. The van der Waals surface area contributed by atoms with Crippen LogP contribution in [-0.4, -0.2) is 31.1 Å². The first kappa shape index (κ1) is 18.2. The zero-order valence-electron chi connectivity index (χ0n) is 14.9. The molecule has 0 bridgehead atoms. The zero-order chi connectivity index (χ0) is 18.5. The number of nitrogens with zero attached hydrogens (tertiary/aromatic N) is 4. The summed E-state index contributed by atoms with van der Waals surface area (Å²) in [5.41, 5.74) is 1.16. The Balaban J connectivity index is 1.73. The maximum Gasteiger partial charge on any atom is 0.239 e. The lowest BCUT2D eigenvalue weighted by atomic mass is 10.1. The van der Waals surface area contributed by atoms with Gasteiger partial charge in [0.15, 0.2) is 11.0 Å². The summed E-state index contributed by atoms with van der Waals surface area (Å²) in [6, 6.07) is 11.9. The molecule has 2 aromatic heterocycles. The van der Waals surface area contributed by atoms with E-state index in [-0.39, 0.29) is 17.2 Å². The molecule has 0 saturated carbocycles. The van der Waals surface area contributed by atoms with E-state index in [4.69, 9.17) is 4.52 Å². The smallest absolute Gasteiger partial charge is 0.239 e. The molecule has 3 rings (SSSR count). The molecule has 2 heterocycles. The van der Waals surface area contributed by atoms with Crippen molar-refractivity contribution in [1.29, 1.82) is 0 Å². The molecule has 3 aromatic rings. The molecule has 136 valence electrons. The number of rotatable bonds is 7. The molecule has 0 aliphatic rings. The van der Waals surface area contributed by atoms with Crippen LogP contribution in [0.4, 0.5) is 5.82 Å². The van der Waals surface area contributed by atoms with Crippen molar-refractivity contribution in [2.45, 2.75) is 43.6 Å². The van der Waals surface area contributed by atoms with Gasteiger partial charge < -0.3 is 14.4 Å². The highest BCUT2D eigenvalue weighted by Crippen LogP contribution is 2.28. The molecule has 0 fully saturated rings. The van der Waals surface area contributed by atoms with E-state index in [1.807, 2.05) is 29.7 Å². The lowest BCUT2D eigenvalue weighted by Gasteiger charge is -2.18. The van der Waals surface area contributed by atoms with Crippen LogP contribution in [0, 0.1) is 6.92 Å². The summed E-state index contributed by atoms with van der Waals surface area (Å²) in [7, 11) is 0. The molecule has 0 spiro atoms. The highest BCUT2D eigenvalue weighted by atomic mass is 32.2. The van der Waals surface area contributed by atoms with Gasteiger partial charge in [0, 0.05) is 6.07 Å². The number of hydrogen-bond donors (Lipinski definition) is 1. The van der Waals surface area contributed by atoms with Crippen molar-refractivity contribution in [3.8, 4) is 0 Å². The lowest BCUT2D eigenvalue weighted by molar-refractivity contribution is -0.115. The number of aryl methyl sites for hydroxylation is 1. The first-order valence-corrected chi connectivity index (χ1v) is 9.31. The highest BCUT2D eigenvalue weighted by molar-refractivity contribution is 8.00. The molecule has 2 atom stereocenters. The second-order valence-corrected chi connectivity index (χ2v) is 7.10. The largest absolute Gasteiger partial charge is 0.360 e. The van der Waals surface area contributed by atoms with Crippen LogP contribution in [0.25, 0.3) is 0 Å². The number of hydrogen-bond acceptors (Lipinski definition) is 6. The Labute approximate surface area is 156 Å². The normalized spacial score (nSPS) is 13.3. The van der Waals surface area contributed by atoms with Gasteiger partial charge in [0.2, 0.25) is 5.91 Å². The molecule has 0 aliphatic heterocycles. The van der Waals surface area contributed by atoms with E-state index in [0.717, 1.165) is 5.56 Å². The molecular weight excluding hydrogens is 350 g/mol. The number of carbonyl (C=O) groups is 1. The van der Waals surface area contributed by atoms with Crippen molar-refractivity contribution in [3.05, 3.63) is 54.0 Å². The fourth-order valence-corrected chi connectivity index (χ4v) is 3.56. The van der Waals surface area contributed by atoms with E-state index in [9.17, 15) is 4.79 Å². The Hall–Kier alpha value is -2.61. The van der Waals surface area contributed by atoms with Crippen molar-refractivity contribution < 1.29 is 9.32 Å². The van der Waals surface area contributed by atoms with Crippen molar-refractivity contribution in [3.63, 3.8) is 0 Å². The summed E-state index contributed by atoms with van der Waals surface area (Å²) >= 11 is 1.40. The molecule has 0 saturated heterocycles. The Morgan fingerprint density at radius 2 is 2.12 bits per heavy atom. The van der Waals surface area contributed by atoms with Crippen molar-refractivity contribution in [2.24, 2.45) is 0 Å². The number of amides is 1. The van der Waals surface area contributed by atoms with Crippen LogP contribution in [0.2, 0.25) is 0 Å². The van der Waals surface area contributed by atoms with Gasteiger partial charge in [0.1, 0.15) is 12.1 Å². The molecule has 8 heteroatoms. The van der Waals surface area contributed by atoms with Crippen molar-refractivity contribution in [1.82, 2.24) is 19.9 Å².